The van der Waals surface area contributed by atoms with Crippen molar-refractivity contribution >= 4 is 11.9 Å². The van der Waals surface area contributed by atoms with E-state index in [1.165, 1.54) is 0 Å². The molecule has 0 aromatic heterocycles. The van der Waals surface area contributed by atoms with E-state index in [2.05, 4.69) is 0 Å². The van der Waals surface area contributed by atoms with Crippen molar-refractivity contribution < 1.29 is 14.7 Å². The lowest BCUT2D eigenvalue weighted by atomic mass is 9.93. The third-order valence-electron chi connectivity index (χ3n) is 3.51. The minimum atomic E-state index is -0.898. The summed E-state index contributed by atoms with van der Waals surface area (Å²) in [6.45, 7) is 4.40. The minimum absolute atomic E-state index is 0.0736. The highest BCUT2D eigenvalue weighted by molar-refractivity contribution is 5.87. The summed E-state index contributed by atoms with van der Waals surface area (Å²) in [6, 6.07) is 7.39. The molecule has 1 fully saturated rings. The molecule has 0 bridgehead atoms. The van der Waals surface area contributed by atoms with Crippen molar-refractivity contribution in [1.82, 2.24) is 4.90 Å². The Labute approximate surface area is 106 Å². The van der Waals surface area contributed by atoms with Gasteiger partial charge in [0.2, 0.25) is 5.91 Å². The molecule has 4 nitrogen and oxygen atoms in total. The van der Waals surface area contributed by atoms with Crippen molar-refractivity contribution in [3.63, 3.8) is 0 Å². The number of carbonyl (C=O) groups is 2. The fourth-order valence-electron chi connectivity index (χ4n) is 2.56. The molecule has 1 amide bonds. The lowest BCUT2D eigenvalue weighted by Crippen LogP contribution is -2.30. The topological polar surface area (TPSA) is 57.6 Å². The van der Waals surface area contributed by atoms with Gasteiger partial charge in [-0.05, 0) is 19.4 Å². The molecule has 4 heteroatoms. The molecular formula is C14H17NO3. The largest absolute Gasteiger partial charge is 0.481 e. The molecule has 0 unspecified atom stereocenters. The van der Waals surface area contributed by atoms with Crippen LogP contribution in [-0.4, -0.2) is 28.4 Å². The number of aliphatic carboxylic acids is 1. The average Bonchev–Trinajstić information content (AvgIpc) is 2.67. The van der Waals surface area contributed by atoms with Gasteiger partial charge in [0.05, 0.1) is 12.0 Å². The Morgan fingerprint density at radius 3 is 2.50 bits per heavy atom. The standard InChI is InChI=1S/C14H17NO3/c1-3-15-12(16)8-11(14(17)18)13(15)10-6-4-9(2)5-7-10/h4-7,11,13H,3,8H2,1-2H3,(H,17,18)/t11-,13+/m1/s1. The number of amides is 1. The zero-order valence-electron chi connectivity index (χ0n) is 10.6. The number of rotatable bonds is 3. The van der Waals surface area contributed by atoms with Crippen LogP contribution in [0.1, 0.15) is 30.5 Å². The van der Waals surface area contributed by atoms with Gasteiger partial charge in [0.1, 0.15) is 0 Å². The maximum absolute atomic E-state index is 11.8. The molecule has 1 aromatic rings. The molecule has 1 N–H and O–H groups in total. The zero-order valence-corrected chi connectivity index (χ0v) is 10.6. The van der Waals surface area contributed by atoms with Gasteiger partial charge in [-0.1, -0.05) is 29.8 Å². The fraction of sp³-hybridized carbons (Fsp3) is 0.429. The number of hydrogen-bond donors (Lipinski definition) is 1. The second-order valence-corrected chi connectivity index (χ2v) is 4.68. The van der Waals surface area contributed by atoms with E-state index in [1.54, 1.807) is 4.90 Å². The maximum atomic E-state index is 11.8. The van der Waals surface area contributed by atoms with Gasteiger partial charge in [0, 0.05) is 13.0 Å². The van der Waals surface area contributed by atoms with Gasteiger partial charge in [-0.15, -0.1) is 0 Å². The van der Waals surface area contributed by atoms with Gasteiger partial charge in [-0.2, -0.15) is 0 Å². The number of benzene rings is 1. The number of carboxylic acids is 1. The van der Waals surface area contributed by atoms with E-state index in [4.69, 9.17) is 0 Å². The number of nitrogens with zero attached hydrogens (tertiary/aromatic N) is 1. The second-order valence-electron chi connectivity index (χ2n) is 4.68. The van der Waals surface area contributed by atoms with Gasteiger partial charge in [0.15, 0.2) is 0 Å². The van der Waals surface area contributed by atoms with Crippen LogP contribution < -0.4 is 0 Å². The molecular weight excluding hydrogens is 230 g/mol. The molecule has 1 saturated heterocycles. The Hall–Kier alpha value is -1.84. The van der Waals surface area contributed by atoms with E-state index in [9.17, 15) is 14.7 Å². The zero-order chi connectivity index (χ0) is 13.3. The molecule has 18 heavy (non-hydrogen) atoms. The summed E-state index contributed by atoms with van der Waals surface area (Å²) in [5.74, 6) is -1.61. The summed E-state index contributed by atoms with van der Waals surface area (Å²) in [7, 11) is 0. The van der Waals surface area contributed by atoms with Crippen molar-refractivity contribution in [3.8, 4) is 0 Å². The number of likely N-dealkylation sites (tertiary alicyclic amines) is 1. The van der Waals surface area contributed by atoms with Crippen LogP contribution in [0, 0.1) is 12.8 Å². The van der Waals surface area contributed by atoms with Crippen LogP contribution in [0.2, 0.25) is 0 Å². The highest BCUT2D eigenvalue weighted by atomic mass is 16.4. The van der Waals surface area contributed by atoms with Gasteiger partial charge in [0.25, 0.3) is 0 Å². The molecule has 1 heterocycles. The summed E-state index contributed by atoms with van der Waals surface area (Å²) in [5, 5.41) is 9.25. The van der Waals surface area contributed by atoms with Crippen molar-refractivity contribution in [2.45, 2.75) is 26.3 Å². The normalized spacial score (nSPS) is 23.4. The van der Waals surface area contributed by atoms with Crippen molar-refractivity contribution in [1.29, 1.82) is 0 Å². The van der Waals surface area contributed by atoms with Gasteiger partial charge in [-0.25, -0.2) is 0 Å². The number of aryl methyl sites for hydroxylation is 1. The van der Waals surface area contributed by atoms with Crippen molar-refractivity contribution in [2.24, 2.45) is 5.92 Å². The van der Waals surface area contributed by atoms with Gasteiger partial charge >= 0.3 is 5.97 Å². The maximum Gasteiger partial charge on any atom is 0.309 e. The molecule has 0 saturated carbocycles. The quantitative estimate of drug-likeness (QED) is 0.888. The first-order valence-electron chi connectivity index (χ1n) is 6.13. The first kappa shape index (κ1) is 12.6. The van der Waals surface area contributed by atoms with E-state index in [1.807, 2.05) is 38.1 Å². The molecule has 2 atom stereocenters. The van der Waals surface area contributed by atoms with E-state index < -0.39 is 11.9 Å². The van der Waals surface area contributed by atoms with Crippen LogP contribution in [-0.2, 0) is 9.59 Å². The first-order chi connectivity index (χ1) is 8.54. The number of hydrogen-bond acceptors (Lipinski definition) is 2. The van der Waals surface area contributed by atoms with Gasteiger partial charge < -0.3 is 10.0 Å². The highest BCUT2D eigenvalue weighted by Gasteiger charge is 2.43. The predicted molar refractivity (Wildman–Crippen MR) is 67.0 cm³/mol. The lowest BCUT2D eigenvalue weighted by Gasteiger charge is -2.26. The van der Waals surface area contributed by atoms with Crippen molar-refractivity contribution in [2.75, 3.05) is 6.54 Å². The minimum Gasteiger partial charge on any atom is -0.481 e. The van der Waals surface area contributed by atoms with E-state index in [-0.39, 0.29) is 18.4 Å². The average molecular weight is 247 g/mol. The van der Waals surface area contributed by atoms with Crippen LogP contribution >= 0.6 is 0 Å². The molecule has 0 radical (unpaired) electrons. The molecule has 0 aliphatic carbocycles. The molecule has 1 aliphatic rings. The number of carbonyl (C=O) groups excluding carboxylic acids is 1. The van der Waals surface area contributed by atoms with Crippen LogP contribution in [0.15, 0.2) is 24.3 Å². The lowest BCUT2D eigenvalue weighted by molar-refractivity contribution is -0.142. The Balaban J connectivity index is 2.39. The molecule has 1 aliphatic heterocycles. The fourth-order valence-corrected chi connectivity index (χ4v) is 2.56. The second kappa shape index (κ2) is 4.80. The third-order valence-corrected chi connectivity index (χ3v) is 3.51. The van der Waals surface area contributed by atoms with Crippen molar-refractivity contribution in [3.05, 3.63) is 35.4 Å². The summed E-state index contributed by atoms with van der Waals surface area (Å²) in [5.41, 5.74) is 2.03. The highest BCUT2D eigenvalue weighted by Crippen LogP contribution is 2.38. The Kier molecular flexibility index (Phi) is 3.36. The summed E-state index contributed by atoms with van der Waals surface area (Å²) < 4.78 is 0. The molecule has 2 rings (SSSR count). The monoisotopic (exact) mass is 247 g/mol. The Morgan fingerprint density at radius 2 is 2.00 bits per heavy atom. The van der Waals surface area contributed by atoms with Crippen LogP contribution in [0.5, 0.6) is 0 Å². The predicted octanol–water partition coefficient (Wildman–Crippen LogP) is 1.99. The summed E-state index contributed by atoms with van der Waals surface area (Å²) in [6.07, 6.45) is 0.0989. The first-order valence-corrected chi connectivity index (χ1v) is 6.13. The Bertz CT molecular complexity index is 466. The van der Waals surface area contributed by atoms with Crippen LogP contribution in [0.4, 0.5) is 0 Å². The molecule has 96 valence electrons. The summed E-state index contributed by atoms with van der Waals surface area (Å²) in [4.78, 5) is 24.8. The summed E-state index contributed by atoms with van der Waals surface area (Å²) >= 11 is 0. The van der Waals surface area contributed by atoms with E-state index in [0.717, 1.165) is 11.1 Å². The van der Waals surface area contributed by atoms with Crippen LogP contribution in [0.25, 0.3) is 0 Å². The molecule has 1 aromatic carbocycles. The van der Waals surface area contributed by atoms with Gasteiger partial charge in [-0.3, -0.25) is 9.59 Å². The smallest absolute Gasteiger partial charge is 0.309 e. The Morgan fingerprint density at radius 1 is 1.39 bits per heavy atom. The van der Waals surface area contributed by atoms with Crippen LogP contribution in [0.3, 0.4) is 0 Å². The van der Waals surface area contributed by atoms with E-state index >= 15 is 0 Å². The number of carboxylic acid groups (broad SMARTS) is 1. The van der Waals surface area contributed by atoms with E-state index in [0.29, 0.717) is 6.54 Å². The molecule has 0 spiro atoms. The SMILES string of the molecule is CCN1C(=O)C[C@@H](C(=O)O)[C@@H]1c1ccc(C)cc1. The third kappa shape index (κ3) is 2.10.